The highest BCUT2D eigenvalue weighted by molar-refractivity contribution is 6.06. The van der Waals surface area contributed by atoms with Crippen LogP contribution in [-0.4, -0.2) is 40.5 Å². The van der Waals surface area contributed by atoms with Crippen molar-refractivity contribution < 1.29 is 9.72 Å². The molecule has 1 saturated heterocycles. The first-order valence-electron chi connectivity index (χ1n) is 7.63. The molecule has 0 N–H and O–H groups in total. The fourth-order valence-corrected chi connectivity index (χ4v) is 3.06. The van der Waals surface area contributed by atoms with Gasteiger partial charge in [-0.1, -0.05) is 24.3 Å². The number of carbonyl (C=O) groups excluding carboxylic acids is 1. The molecule has 1 aliphatic heterocycles. The van der Waals surface area contributed by atoms with Gasteiger partial charge in [0.1, 0.15) is 5.52 Å². The SMILES string of the molecule is C=C(C)CN1CCN(c2c(C)cnc3c([N+](=O)[O-])cccc23)C1=O. The zero-order valence-electron chi connectivity index (χ0n) is 13.7. The maximum absolute atomic E-state index is 12.7. The van der Waals surface area contributed by atoms with E-state index >= 15 is 0 Å². The highest BCUT2D eigenvalue weighted by atomic mass is 16.6. The van der Waals surface area contributed by atoms with Crippen LogP contribution in [0.4, 0.5) is 16.2 Å². The lowest BCUT2D eigenvalue weighted by Gasteiger charge is -2.21. The molecule has 1 fully saturated rings. The predicted octanol–water partition coefficient (Wildman–Crippen LogP) is 3.27. The zero-order chi connectivity index (χ0) is 17.4. The van der Waals surface area contributed by atoms with Crippen LogP contribution in [0.25, 0.3) is 10.9 Å². The fraction of sp³-hybridized carbons (Fsp3) is 0.294. The number of hydrogen-bond acceptors (Lipinski definition) is 4. The van der Waals surface area contributed by atoms with Crippen LogP contribution in [0.2, 0.25) is 0 Å². The molecule has 1 aliphatic rings. The number of carbonyl (C=O) groups is 1. The smallest absolute Gasteiger partial charge is 0.319 e. The van der Waals surface area contributed by atoms with Gasteiger partial charge in [-0.2, -0.15) is 0 Å². The van der Waals surface area contributed by atoms with Gasteiger partial charge >= 0.3 is 6.03 Å². The van der Waals surface area contributed by atoms with Crippen molar-refractivity contribution in [2.45, 2.75) is 13.8 Å². The van der Waals surface area contributed by atoms with Crippen molar-refractivity contribution in [3.63, 3.8) is 0 Å². The number of amides is 2. The summed E-state index contributed by atoms with van der Waals surface area (Å²) in [7, 11) is 0. The van der Waals surface area contributed by atoms with Crippen LogP contribution in [0.5, 0.6) is 0 Å². The number of aryl methyl sites for hydroxylation is 1. The van der Waals surface area contributed by atoms with Crippen LogP contribution in [0, 0.1) is 17.0 Å². The Bertz CT molecular complexity index is 862. The van der Waals surface area contributed by atoms with Crippen LogP contribution in [-0.2, 0) is 0 Å². The molecule has 0 unspecified atom stereocenters. The molecule has 2 amide bonds. The number of hydrogen-bond donors (Lipinski definition) is 0. The van der Waals surface area contributed by atoms with E-state index in [1.807, 2.05) is 13.8 Å². The van der Waals surface area contributed by atoms with Gasteiger partial charge in [0, 0.05) is 37.3 Å². The summed E-state index contributed by atoms with van der Waals surface area (Å²) in [5.41, 5.74) is 2.66. The molecule has 2 heterocycles. The van der Waals surface area contributed by atoms with Crippen molar-refractivity contribution in [3.05, 3.63) is 52.2 Å². The van der Waals surface area contributed by atoms with Gasteiger partial charge in [0.25, 0.3) is 5.69 Å². The van der Waals surface area contributed by atoms with Crippen LogP contribution in [0.3, 0.4) is 0 Å². The van der Waals surface area contributed by atoms with Crippen molar-refractivity contribution in [1.29, 1.82) is 0 Å². The van der Waals surface area contributed by atoms with Crippen molar-refractivity contribution in [1.82, 2.24) is 9.88 Å². The number of benzene rings is 1. The van der Waals surface area contributed by atoms with Crippen molar-refractivity contribution in [2.75, 3.05) is 24.5 Å². The molecule has 7 heteroatoms. The van der Waals surface area contributed by atoms with Gasteiger partial charge < -0.3 is 4.90 Å². The lowest BCUT2D eigenvalue weighted by Crippen LogP contribution is -2.33. The number of para-hydroxylation sites is 1. The van der Waals surface area contributed by atoms with Crippen LogP contribution >= 0.6 is 0 Å². The first-order chi connectivity index (χ1) is 11.4. The summed E-state index contributed by atoms with van der Waals surface area (Å²) in [6.45, 7) is 9.24. The summed E-state index contributed by atoms with van der Waals surface area (Å²) in [6.07, 6.45) is 1.58. The summed E-state index contributed by atoms with van der Waals surface area (Å²) in [4.78, 5) is 31.1. The Kier molecular flexibility index (Phi) is 3.92. The molecular formula is C17H18N4O3. The molecule has 124 valence electrons. The highest BCUT2D eigenvalue weighted by Gasteiger charge is 2.32. The third-order valence-electron chi connectivity index (χ3n) is 4.05. The Labute approximate surface area is 139 Å². The first kappa shape index (κ1) is 15.9. The van der Waals surface area contributed by atoms with Gasteiger partial charge in [0.2, 0.25) is 0 Å². The lowest BCUT2D eigenvalue weighted by atomic mass is 10.1. The molecule has 3 rings (SSSR count). The molecule has 0 aliphatic carbocycles. The Hall–Kier alpha value is -2.96. The average Bonchev–Trinajstić information content (AvgIpc) is 2.86. The summed E-state index contributed by atoms with van der Waals surface area (Å²) in [5.74, 6) is 0. The van der Waals surface area contributed by atoms with Crippen LogP contribution < -0.4 is 4.90 Å². The van der Waals surface area contributed by atoms with Crippen molar-refractivity contribution in [2.24, 2.45) is 0 Å². The molecule has 24 heavy (non-hydrogen) atoms. The Morgan fingerprint density at radius 3 is 2.83 bits per heavy atom. The fourth-order valence-electron chi connectivity index (χ4n) is 3.06. The van der Waals surface area contributed by atoms with Gasteiger partial charge in [-0.25, -0.2) is 9.78 Å². The predicted molar refractivity (Wildman–Crippen MR) is 92.3 cm³/mol. The lowest BCUT2D eigenvalue weighted by molar-refractivity contribution is -0.383. The average molecular weight is 326 g/mol. The molecule has 7 nitrogen and oxygen atoms in total. The maximum Gasteiger partial charge on any atom is 0.324 e. The summed E-state index contributed by atoms with van der Waals surface area (Å²) in [5, 5.41) is 11.9. The van der Waals surface area contributed by atoms with Gasteiger partial charge in [0.15, 0.2) is 0 Å². The summed E-state index contributed by atoms with van der Waals surface area (Å²) < 4.78 is 0. The van der Waals surface area contributed by atoms with E-state index in [1.165, 1.54) is 6.07 Å². The summed E-state index contributed by atoms with van der Waals surface area (Å²) >= 11 is 0. The topological polar surface area (TPSA) is 79.6 Å². The normalized spacial score (nSPS) is 14.5. The third kappa shape index (κ3) is 2.58. The first-order valence-corrected chi connectivity index (χ1v) is 7.63. The Morgan fingerprint density at radius 1 is 1.42 bits per heavy atom. The number of nitro benzene ring substituents is 1. The van der Waals surface area contributed by atoms with Crippen LogP contribution in [0.15, 0.2) is 36.5 Å². The molecule has 0 bridgehead atoms. The standard InChI is InChI=1S/C17H18N4O3/c1-11(2)10-19-7-8-20(17(19)22)16-12(3)9-18-15-13(16)5-4-6-14(15)21(23)24/h4-6,9H,1,7-8,10H2,2-3H3. The molecule has 2 aromatic rings. The van der Waals surface area contributed by atoms with Crippen LogP contribution in [0.1, 0.15) is 12.5 Å². The van der Waals surface area contributed by atoms with Gasteiger partial charge in [-0.05, 0) is 19.4 Å². The summed E-state index contributed by atoms with van der Waals surface area (Å²) in [6, 6.07) is 4.71. The van der Waals surface area contributed by atoms with E-state index in [-0.39, 0.29) is 11.7 Å². The second-order valence-corrected chi connectivity index (χ2v) is 6.03. The number of nitro groups is 1. The number of urea groups is 1. The van der Waals surface area contributed by atoms with Crippen molar-refractivity contribution in [3.8, 4) is 0 Å². The van der Waals surface area contributed by atoms with E-state index < -0.39 is 4.92 Å². The largest absolute Gasteiger partial charge is 0.324 e. The second-order valence-electron chi connectivity index (χ2n) is 6.03. The van der Waals surface area contributed by atoms with E-state index in [2.05, 4.69) is 11.6 Å². The van der Waals surface area contributed by atoms with E-state index in [9.17, 15) is 14.9 Å². The quantitative estimate of drug-likeness (QED) is 0.491. The second kappa shape index (κ2) is 5.92. The van der Waals surface area contributed by atoms with E-state index in [1.54, 1.807) is 28.1 Å². The Balaban J connectivity index is 2.12. The third-order valence-corrected chi connectivity index (χ3v) is 4.05. The van der Waals surface area contributed by atoms with Gasteiger partial charge in [-0.15, -0.1) is 0 Å². The molecular weight excluding hydrogens is 308 g/mol. The van der Waals surface area contributed by atoms with E-state index in [0.29, 0.717) is 36.2 Å². The van der Waals surface area contributed by atoms with Crippen molar-refractivity contribution >= 4 is 28.3 Å². The Morgan fingerprint density at radius 2 is 2.17 bits per heavy atom. The molecule has 0 spiro atoms. The number of non-ortho nitro benzene ring substituents is 1. The highest BCUT2D eigenvalue weighted by Crippen LogP contribution is 2.35. The minimum absolute atomic E-state index is 0.0563. The molecule has 0 saturated carbocycles. The number of fused-ring (bicyclic) bond motifs is 1. The molecule has 1 aromatic heterocycles. The van der Waals surface area contributed by atoms with Gasteiger partial charge in [-0.3, -0.25) is 15.0 Å². The number of anilines is 1. The number of nitrogens with zero attached hydrogens (tertiary/aromatic N) is 4. The van der Waals surface area contributed by atoms with E-state index in [0.717, 1.165) is 11.1 Å². The van der Waals surface area contributed by atoms with Gasteiger partial charge in [0.05, 0.1) is 10.6 Å². The molecule has 0 radical (unpaired) electrons. The zero-order valence-corrected chi connectivity index (χ0v) is 13.7. The number of rotatable bonds is 4. The van der Waals surface area contributed by atoms with E-state index in [4.69, 9.17) is 0 Å². The molecule has 0 atom stereocenters. The maximum atomic E-state index is 12.7. The molecule has 1 aromatic carbocycles. The monoisotopic (exact) mass is 326 g/mol. The minimum Gasteiger partial charge on any atom is -0.319 e. The minimum atomic E-state index is -0.451. The number of pyridine rings is 1. The number of aromatic nitrogens is 1.